The van der Waals surface area contributed by atoms with E-state index in [0.29, 0.717) is 12.3 Å². The summed E-state index contributed by atoms with van der Waals surface area (Å²) in [6.45, 7) is 0.504. The van der Waals surface area contributed by atoms with Gasteiger partial charge in [-0.3, -0.25) is 9.48 Å². The van der Waals surface area contributed by atoms with Crippen molar-refractivity contribution in [2.75, 3.05) is 0 Å². The van der Waals surface area contributed by atoms with Crippen LogP contribution in [0.15, 0.2) is 71.9 Å². The summed E-state index contributed by atoms with van der Waals surface area (Å²) in [5, 5.41) is 7.07. The van der Waals surface area contributed by atoms with Gasteiger partial charge in [0.2, 0.25) is 5.91 Å². The molecule has 3 aromatic rings. The lowest BCUT2D eigenvalue weighted by molar-refractivity contribution is -0.117. The van der Waals surface area contributed by atoms with Crippen LogP contribution in [0.2, 0.25) is 0 Å². The topological polar surface area (TPSA) is 73.0 Å². The molecule has 2 heterocycles. The van der Waals surface area contributed by atoms with Crippen molar-refractivity contribution < 1.29 is 9.21 Å². The fourth-order valence-corrected chi connectivity index (χ4v) is 2.20. The van der Waals surface area contributed by atoms with Crippen LogP contribution in [0.4, 0.5) is 0 Å². The highest BCUT2D eigenvalue weighted by molar-refractivity contribution is 5.91. The lowest BCUT2D eigenvalue weighted by Crippen LogP contribution is -2.30. The molecule has 23 heavy (non-hydrogen) atoms. The zero-order chi connectivity index (χ0) is 15.9. The number of amides is 1. The van der Waals surface area contributed by atoms with Crippen molar-refractivity contribution in [1.29, 1.82) is 0 Å². The number of nitrogens with one attached hydrogen (secondary N) is 1. The van der Waals surface area contributed by atoms with Gasteiger partial charge < -0.3 is 9.73 Å². The SMILES string of the molecule is O=C(/C=C/c1ccco1)NC(Cn1cncn1)c1ccccc1. The molecule has 0 saturated carbocycles. The number of carbonyl (C=O) groups is 1. The first kappa shape index (κ1) is 14.8. The van der Waals surface area contributed by atoms with Crippen LogP contribution in [-0.2, 0) is 11.3 Å². The summed E-state index contributed by atoms with van der Waals surface area (Å²) in [5.74, 6) is 0.433. The minimum Gasteiger partial charge on any atom is -0.465 e. The third kappa shape index (κ3) is 4.16. The molecule has 6 nitrogen and oxygen atoms in total. The second-order valence-electron chi connectivity index (χ2n) is 4.94. The highest BCUT2D eigenvalue weighted by atomic mass is 16.3. The first-order valence-electron chi connectivity index (χ1n) is 7.21. The third-order valence-corrected chi connectivity index (χ3v) is 3.30. The van der Waals surface area contributed by atoms with Gasteiger partial charge in [0.15, 0.2) is 0 Å². The Labute approximate surface area is 133 Å². The minimum atomic E-state index is -0.202. The summed E-state index contributed by atoms with van der Waals surface area (Å²) >= 11 is 0. The van der Waals surface area contributed by atoms with Gasteiger partial charge in [-0.15, -0.1) is 0 Å². The number of furan rings is 1. The Hall–Kier alpha value is -3.15. The Morgan fingerprint density at radius 3 is 2.83 bits per heavy atom. The molecule has 1 unspecified atom stereocenters. The van der Waals surface area contributed by atoms with Crippen LogP contribution in [0.25, 0.3) is 6.08 Å². The van der Waals surface area contributed by atoms with Crippen molar-refractivity contribution in [2.24, 2.45) is 0 Å². The molecule has 0 aliphatic rings. The van der Waals surface area contributed by atoms with E-state index in [1.165, 1.54) is 12.4 Å². The van der Waals surface area contributed by atoms with Gasteiger partial charge in [-0.2, -0.15) is 5.10 Å². The highest BCUT2D eigenvalue weighted by Crippen LogP contribution is 2.14. The second kappa shape index (κ2) is 7.22. The molecule has 2 aromatic heterocycles. The second-order valence-corrected chi connectivity index (χ2v) is 4.94. The molecule has 1 amide bonds. The van der Waals surface area contributed by atoms with E-state index in [1.54, 1.807) is 35.5 Å². The van der Waals surface area contributed by atoms with E-state index in [2.05, 4.69) is 15.4 Å². The van der Waals surface area contributed by atoms with Crippen molar-refractivity contribution in [3.05, 3.63) is 78.8 Å². The lowest BCUT2D eigenvalue weighted by atomic mass is 10.1. The summed E-state index contributed by atoms with van der Waals surface area (Å²) in [6, 6.07) is 13.1. The summed E-state index contributed by atoms with van der Waals surface area (Å²) in [6.07, 6.45) is 7.75. The zero-order valence-corrected chi connectivity index (χ0v) is 12.4. The van der Waals surface area contributed by atoms with Crippen LogP contribution in [0.5, 0.6) is 0 Å². The molecule has 0 radical (unpaired) electrons. The van der Waals surface area contributed by atoms with Gasteiger partial charge in [0.25, 0.3) is 0 Å². The Kier molecular flexibility index (Phi) is 4.63. The van der Waals surface area contributed by atoms with Crippen LogP contribution < -0.4 is 5.32 Å². The predicted molar refractivity (Wildman–Crippen MR) is 85.1 cm³/mol. The molecule has 0 bridgehead atoms. The first-order chi connectivity index (χ1) is 11.3. The quantitative estimate of drug-likeness (QED) is 0.710. The van der Waals surface area contributed by atoms with Crippen LogP contribution in [0.1, 0.15) is 17.4 Å². The Morgan fingerprint density at radius 2 is 2.13 bits per heavy atom. The van der Waals surface area contributed by atoms with Crippen molar-refractivity contribution >= 4 is 12.0 Å². The van der Waals surface area contributed by atoms with E-state index in [0.717, 1.165) is 5.56 Å². The normalized spacial score (nSPS) is 12.3. The smallest absolute Gasteiger partial charge is 0.244 e. The molecular formula is C17H16N4O2. The number of hydrogen-bond acceptors (Lipinski definition) is 4. The maximum Gasteiger partial charge on any atom is 0.244 e. The molecule has 0 spiro atoms. The molecule has 0 fully saturated rings. The number of rotatable bonds is 6. The van der Waals surface area contributed by atoms with Gasteiger partial charge in [-0.25, -0.2) is 4.98 Å². The standard InChI is InChI=1S/C17H16N4O2/c22-17(9-8-15-7-4-10-23-15)20-16(11-21-13-18-12-19-21)14-5-2-1-3-6-14/h1-10,12-13,16H,11H2,(H,20,22)/b9-8+. The molecular weight excluding hydrogens is 292 g/mol. The Balaban J connectivity index is 1.71. The van der Waals surface area contributed by atoms with Crippen molar-refractivity contribution in [1.82, 2.24) is 20.1 Å². The predicted octanol–water partition coefficient (Wildman–Crippen LogP) is 2.44. The van der Waals surface area contributed by atoms with E-state index in [-0.39, 0.29) is 11.9 Å². The van der Waals surface area contributed by atoms with Gasteiger partial charge in [0, 0.05) is 6.08 Å². The average molecular weight is 308 g/mol. The highest BCUT2D eigenvalue weighted by Gasteiger charge is 2.14. The maximum absolute atomic E-state index is 12.2. The van der Waals surface area contributed by atoms with Gasteiger partial charge in [-0.1, -0.05) is 30.3 Å². The fourth-order valence-electron chi connectivity index (χ4n) is 2.20. The largest absolute Gasteiger partial charge is 0.465 e. The molecule has 6 heteroatoms. The fraction of sp³-hybridized carbons (Fsp3) is 0.118. The molecule has 1 aromatic carbocycles. The van der Waals surface area contributed by atoms with Gasteiger partial charge in [-0.05, 0) is 23.8 Å². The van der Waals surface area contributed by atoms with E-state index < -0.39 is 0 Å². The first-order valence-corrected chi connectivity index (χ1v) is 7.21. The van der Waals surface area contributed by atoms with Gasteiger partial charge in [0.05, 0.1) is 18.8 Å². The third-order valence-electron chi connectivity index (χ3n) is 3.30. The van der Waals surface area contributed by atoms with E-state index in [1.807, 2.05) is 30.3 Å². The van der Waals surface area contributed by atoms with Crippen LogP contribution >= 0.6 is 0 Å². The molecule has 0 aliphatic heterocycles. The monoisotopic (exact) mass is 308 g/mol. The van der Waals surface area contributed by atoms with E-state index in [9.17, 15) is 4.79 Å². The van der Waals surface area contributed by atoms with Gasteiger partial charge in [0.1, 0.15) is 18.4 Å². The minimum absolute atomic E-state index is 0.199. The summed E-state index contributed by atoms with van der Waals surface area (Å²) in [4.78, 5) is 16.1. The molecule has 0 saturated heterocycles. The summed E-state index contributed by atoms with van der Waals surface area (Å²) in [5.41, 5.74) is 1.00. The van der Waals surface area contributed by atoms with Crippen molar-refractivity contribution in [3.63, 3.8) is 0 Å². The van der Waals surface area contributed by atoms with E-state index in [4.69, 9.17) is 4.42 Å². The lowest BCUT2D eigenvalue weighted by Gasteiger charge is -2.18. The number of benzene rings is 1. The zero-order valence-electron chi connectivity index (χ0n) is 12.4. The number of nitrogens with zero attached hydrogens (tertiary/aromatic N) is 3. The van der Waals surface area contributed by atoms with Crippen molar-refractivity contribution in [3.8, 4) is 0 Å². The average Bonchev–Trinajstić information content (AvgIpc) is 3.27. The van der Waals surface area contributed by atoms with Crippen molar-refractivity contribution in [2.45, 2.75) is 12.6 Å². The number of carbonyl (C=O) groups excluding carboxylic acids is 1. The maximum atomic E-state index is 12.2. The Bertz CT molecular complexity index is 749. The Morgan fingerprint density at radius 1 is 1.26 bits per heavy atom. The van der Waals surface area contributed by atoms with E-state index >= 15 is 0 Å². The van der Waals surface area contributed by atoms with Crippen LogP contribution in [-0.4, -0.2) is 20.7 Å². The van der Waals surface area contributed by atoms with Crippen LogP contribution in [0, 0.1) is 0 Å². The molecule has 3 rings (SSSR count). The summed E-state index contributed by atoms with van der Waals surface area (Å²) < 4.78 is 6.86. The van der Waals surface area contributed by atoms with Gasteiger partial charge >= 0.3 is 0 Å². The molecule has 0 aliphatic carbocycles. The molecule has 1 N–H and O–H groups in total. The van der Waals surface area contributed by atoms with Crippen LogP contribution in [0.3, 0.4) is 0 Å². The summed E-state index contributed by atoms with van der Waals surface area (Å²) in [7, 11) is 0. The number of hydrogen-bond donors (Lipinski definition) is 1. The molecule has 116 valence electrons. The number of aromatic nitrogens is 3. The molecule has 1 atom stereocenters.